The molecule has 0 heterocycles. The molecule has 1 rings (SSSR count). The second-order valence-electron chi connectivity index (χ2n) is 4.01. The van der Waals surface area contributed by atoms with Crippen LogP contribution in [-0.4, -0.2) is 58.2 Å². The van der Waals surface area contributed by atoms with Crippen molar-refractivity contribution in [3.05, 3.63) is 11.6 Å². The molecule has 0 aromatic rings. The molecule has 0 spiro atoms. The Morgan fingerprint density at radius 3 is 2.50 bits per heavy atom. The molecule has 0 aromatic carbocycles. The third-order valence-electron chi connectivity index (χ3n) is 2.67. The van der Waals surface area contributed by atoms with Crippen molar-refractivity contribution < 1.29 is 29.6 Å². The van der Waals surface area contributed by atoms with E-state index in [2.05, 4.69) is 5.32 Å². The maximum atomic E-state index is 11.0. The van der Waals surface area contributed by atoms with E-state index in [1.807, 2.05) is 0 Å². The van der Waals surface area contributed by atoms with Gasteiger partial charge >= 0.3 is 5.97 Å². The minimum atomic E-state index is -1.32. The summed E-state index contributed by atoms with van der Waals surface area (Å²) in [6.07, 6.45) is -2.59. The Balaban J connectivity index is 3.02. The Labute approximate surface area is 104 Å². The van der Waals surface area contributed by atoms with Crippen LogP contribution in [0.3, 0.4) is 0 Å². The van der Waals surface area contributed by atoms with E-state index in [0.717, 1.165) is 6.08 Å². The highest BCUT2D eigenvalue weighted by Gasteiger charge is 2.41. The van der Waals surface area contributed by atoms with Crippen LogP contribution in [-0.2, 0) is 14.3 Å². The molecule has 0 saturated heterocycles. The summed E-state index contributed by atoms with van der Waals surface area (Å²) in [4.78, 5) is 22.0. The normalized spacial score (nSPS) is 31.7. The zero-order valence-electron chi connectivity index (χ0n) is 10.2. The van der Waals surface area contributed by atoms with Gasteiger partial charge in [0.2, 0.25) is 5.91 Å². The number of carbonyl (C=O) groups excluding carboxylic acids is 1. The summed E-state index contributed by atoms with van der Waals surface area (Å²) in [6.45, 7) is 3.10. The highest BCUT2D eigenvalue weighted by atomic mass is 16.5. The largest absolute Gasteiger partial charge is 0.478 e. The molecule has 102 valence electrons. The number of nitrogens with one attached hydrogen (secondary N) is 1. The van der Waals surface area contributed by atoms with Crippen LogP contribution in [0.1, 0.15) is 13.8 Å². The van der Waals surface area contributed by atoms with E-state index in [-0.39, 0.29) is 12.2 Å². The lowest BCUT2D eigenvalue weighted by Gasteiger charge is -2.36. The van der Waals surface area contributed by atoms with Gasteiger partial charge in [0.05, 0.1) is 17.7 Å². The molecular formula is C11H17NO6. The Kier molecular flexibility index (Phi) is 4.83. The van der Waals surface area contributed by atoms with Crippen LogP contribution in [0.15, 0.2) is 11.6 Å². The summed E-state index contributed by atoms with van der Waals surface area (Å²) < 4.78 is 5.17. The number of hydrogen-bond acceptors (Lipinski definition) is 5. The molecule has 0 fully saturated rings. The number of carboxylic acids is 1. The first-order chi connectivity index (χ1) is 8.38. The topological polar surface area (TPSA) is 116 Å². The second-order valence-corrected chi connectivity index (χ2v) is 4.01. The summed E-state index contributed by atoms with van der Waals surface area (Å²) in [5.41, 5.74) is -0.210. The summed E-state index contributed by atoms with van der Waals surface area (Å²) in [5, 5.41) is 31.1. The van der Waals surface area contributed by atoms with Crippen molar-refractivity contribution in [3.8, 4) is 0 Å². The van der Waals surface area contributed by atoms with Gasteiger partial charge in [0.1, 0.15) is 12.2 Å². The van der Waals surface area contributed by atoms with E-state index in [9.17, 15) is 19.8 Å². The first-order valence-electron chi connectivity index (χ1n) is 5.58. The number of rotatable bonds is 4. The molecule has 0 aromatic heterocycles. The van der Waals surface area contributed by atoms with Gasteiger partial charge < -0.3 is 25.4 Å². The standard InChI is InChI=1S/C11H17NO6/c1-3-18-10-6(11(16)17)4-7(14)8(9(10)15)12-5(2)13/h4,7-10,14-15H,3H2,1-2H3,(H,12,13)(H,16,17). The van der Waals surface area contributed by atoms with Gasteiger partial charge in [-0.25, -0.2) is 4.79 Å². The zero-order chi connectivity index (χ0) is 13.9. The molecule has 4 N–H and O–H groups in total. The minimum absolute atomic E-state index is 0.204. The number of aliphatic carboxylic acids is 1. The monoisotopic (exact) mass is 259 g/mol. The summed E-state index contributed by atoms with van der Waals surface area (Å²) in [5.74, 6) is -1.70. The van der Waals surface area contributed by atoms with Crippen molar-refractivity contribution in [2.45, 2.75) is 38.2 Å². The predicted molar refractivity (Wildman–Crippen MR) is 60.8 cm³/mol. The average Bonchev–Trinajstić information content (AvgIpc) is 2.27. The molecule has 0 saturated carbocycles. The maximum Gasteiger partial charge on any atom is 0.334 e. The van der Waals surface area contributed by atoms with E-state index in [4.69, 9.17) is 9.84 Å². The smallest absolute Gasteiger partial charge is 0.334 e. The molecule has 1 aliphatic carbocycles. The highest BCUT2D eigenvalue weighted by Crippen LogP contribution is 2.23. The quantitative estimate of drug-likeness (QED) is 0.495. The third-order valence-corrected chi connectivity index (χ3v) is 2.67. The van der Waals surface area contributed by atoms with Crippen LogP contribution < -0.4 is 5.32 Å². The molecule has 0 bridgehead atoms. The molecular weight excluding hydrogens is 242 g/mol. The Morgan fingerprint density at radius 2 is 2.06 bits per heavy atom. The fourth-order valence-electron chi connectivity index (χ4n) is 1.92. The average molecular weight is 259 g/mol. The fraction of sp³-hybridized carbons (Fsp3) is 0.636. The van der Waals surface area contributed by atoms with Crippen LogP contribution in [0, 0.1) is 0 Å². The zero-order valence-corrected chi connectivity index (χ0v) is 10.2. The molecule has 0 radical (unpaired) electrons. The molecule has 1 aliphatic rings. The van der Waals surface area contributed by atoms with E-state index in [1.54, 1.807) is 6.92 Å². The Bertz CT molecular complexity index is 367. The highest BCUT2D eigenvalue weighted by molar-refractivity contribution is 5.88. The van der Waals surface area contributed by atoms with E-state index < -0.39 is 36.2 Å². The molecule has 4 unspecified atom stereocenters. The molecule has 0 aliphatic heterocycles. The maximum absolute atomic E-state index is 11.0. The lowest BCUT2D eigenvalue weighted by atomic mass is 9.87. The van der Waals surface area contributed by atoms with Gasteiger partial charge in [-0.2, -0.15) is 0 Å². The van der Waals surface area contributed by atoms with E-state index in [1.165, 1.54) is 6.92 Å². The van der Waals surface area contributed by atoms with Crippen LogP contribution in [0.2, 0.25) is 0 Å². The van der Waals surface area contributed by atoms with Gasteiger partial charge in [0.15, 0.2) is 0 Å². The van der Waals surface area contributed by atoms with Crippen molar-refractivity contribution in [2.24, 2.45) is 0 Å². The van der Waals surface area contributed by atoms with E-state index >= 15 is 0 Å². The lowest BCUT2D eigenvalue weighted by Crippen LogP contribution is -2.58. The predicted octanol–water partition coefficient (Wildman–Crippen LogP) is -1.36. The van der Waals surface area contributed by atoms with Crippen LogP contribution in [0.4, 0.5) is 0 Å². The first kappa shape index (κ1) is 14.6. The number of carboxylic acid groups (broad SMARTS) is 1. The van der Waals surface area contributed by atoms with Crippen molar-refractivity contribution in [3.63, 3.8) is 0 Å². The third kappa shape index (κ3) is 3.06. The van der Waals surface area contributed by atoms with Gasteiger partial charge in [0.25, 0.3) is 0 Å². The van der Waals surface area contributed by atoms with Crippen LogP contribution in [0.25, 0.3) is 0 Å². The molecule has 18 heavy (non-hydrogen) atoms. The SMILES string of the molecule is CCOC1C(C(=O)O)=CC(O)C(NC(C)=O)C1O. The number of aliphatic hydroxyl groups is 2. The summed E-state index contributed by atoms with van der Waals surface area (Å²) in [6, 6.07) is -0.984. The van der Waals surface area contributed by atoms with Gasteiger partial charge in [-0.3, -0.25) is 4.79 Å². The number of carbonyl (C=O) groups is 2. The van der Waals surface area contributed by atoms with Gasteiger partial charge in [-0.05, 0) is 13.0 Å². The molecule has 7 heteroatoms. The minimum Gasteiger partial charge on any atom is -0.478 e. The lowest BCUT2D eigenvalue weighted by molar-refractivity contribution is -0.137. The van der Waals surface area contributed by atoms with E-state index in [0.29, 0.717) is 0 Å². The number of amides is 1. The Hall–Kier alpha value is -1.44. The molecule has 7 nitrogen and oxygen atoms in total. The number of hydrogen-bond donors (Lipinski definition) is 4. The van der Waals surface area contributed by atoms with Crippen molar-refractivity contribution >= 4 is 11.9 Å². The van der Waals surface area contributed by atoms with Crippen LogP contribution >= 0.6 is 0 Å². The van der Waals surface area contributed by atoms with Gasteiger partial charge in [-0.1, -0.05) is 0 Å². The van der Waals surface area contributed by atoms with Crippen molar-refractivity contribution in [1.82, 2.24) is 5.32 Å². The first-order valence-corrected chi connectivity index (χ1v) is 5.58. The fourth-order valence-corrected chi connectivity index (χ4v) is 1.92. The second kappa shape index (κ2) is 5.94. The van der Waals surface area contributed by atoms with Gasteiger partial charge in [-0.15, -0.1) is 0 Å². The number of aliphatic hydroxyl groups excluding tert-OH is 2. The molecule has 4 atom stereocenters. The van der Waals surface area contributed by atoms with Crippen molar-refractivity contribution in [1.29, 1.82) is 0 Å². The number of ether oxygens (including phenoxy) is 1. The van der Waals surface area contributed by atoms with Crippen LogP contribution in [0.5, 0.6) is 0 Å². The van der Waals surface area contributed by atoms with Crippen molar-refractivity contribution in [2.75, 3.05) is 6.61 Å². The Morgan fingerprint density at radius 1 is 1.44 bits per heavy atom. The van der Waals surface area contributed by atoms with Gasteiger partial charge in [0, 0.05) is 13.5 Å². The molecule has 1 amide bonds. The summed E-state index contributed by atoms with van der Waals surface area (Å²) in [7, 11) is 0. The summed E-state index contributed by atoms with van der Waals surface area (Å²) >= 11 is 0.